The second kappa shape index (κ2) is 5.54. The fourth-order valence-electron chi connectivity index (χ4n) is 2.39. The van der Waals surface area contributed by atoms with E-state index in [2.05, 4.69) is 10.3 Å². The number of aromatic nitrogens is 2. The summed E-state index contributed by atoms with van der Waals surface area (Å²) in [5.74, 6) is -0.739. The molecule has 0 unspecified atom stereocenters. The SMILES string of the molecule is O=C(Nc1ccc(F)cc1)c1cc2c(=O)n3ccccc3nc2s1. The molecule has 4 rings (SSSR count). The van der Waals surface area contributed by atoms with Crippen LogP contribution in [0.25, 0.3) is 15.9 Å². The van der Waals surface area contributed by atoms with Crippen LogP contribution in [0.5, 0.6) is 0 Å². The molecule has 0 aliphatic rings. The third-order valence-electron chi connectivity index (χ3n) is 3.54. The van der Waals surface area contributed by atoms with Crippen molar-refractivity contribution in [2.75, 3.05) is 5.32 Å². The molecule has 0 fully saturated rings. The highest BCUT2D eigenvalue weighted by Gasteiger charge is 2.15. The monoisotopic (exact) mass is 339 g/mol. The summed E-state index contributed by atoms with van der Waals surface area (Å²) >= 11 is 1.15. The normalized spacial score (nSPS) is 11.0. The van der Waals surface area contributed by atoms with E-state index in [-0.39, 0.29) is 17.3 Å². The molecule has 0 saturated heterocycles. The Bertz CT molecular complexity index is 1130. The molecule has 0 radical (unpaired) electrons. The van der Waals surface area contributed by atoms with Crippen LogP contribution in [0.3, 0.4) is 0 Å². The van der Waals surface area contributed by atoms with E-state index in [1.165, 1.54) is 34.7 Å². The van der Waals surface area contributed by atoms with Crippen LogP contribution >= 0.6 is 11.3 Å². The number of carbonyl (C=O) groups is 1. The lowest BCUT2D eigenvalue weighted by molar-refractivity contribution is 0.103. The Kier molecular flexibility index (Phi) is 3.35. The number of nitrogens with one attached hydrogen (secondary N) is 1. The Morgan fingerprint density at radius 1 is 1.17 bits per heavy atom. The average molecular weight is 339 g/mol. The van der Waals surface area contributed by atoms with E-state index in [9.17, 15) is 14.0 Å². The average Bonchev–Trinajstić information content (AvgIpc) is 3.02. The Labute approximate surface area is 139 Å². The van der Waals surface area contributed by atoms with Crippen LogP contribution in [-0.4, -0.2) is 15.3 Å². The molecule has 1 aromatic carbocycles. The number of rotatable bonds is 2. The van der Waals surface area contributed by atoms with Crippen molar-refractivity contribution in [3.05, 3.63) is 75.8 Å². The number of thiophene rings is 1. The lowest BCUT2D eigenvalue weighted by atomic mass is 10.3. The second-order valence-electron chi connectivity index (χ2n) is 5.14. The van der Waals surface area contributed by atoms with E-state index in [0.717, 1.165) is 11.3 Å². The molecule has 5 nitrogen and oxygen atoms in total. The van der Waals surface area contributed by atoms with Crippen molar-refractivity contribution >= 4 is 38.8 Å². The van der Waals surface area contributed by atoms with E-state index < -0.39 is 0 Å². The van der Waals surface area contributed by atoms with Crippen LogP contribution < -0.4 is 10.9 Å². The van der Waals surface area contributed by atoms with Crippen LogP contribution in [0.1, 0.15) is 9.67 Å². The van der Waals surface area contributed by atoms with Crippen molar-refractivity contribution in [3.63, 3.8) is 0 Å². The summed E-state index contributed by atoms with van der Waals surface area (Å²) in [5.41, 5.74) is 0.795. The summed E-state index contributed by atoms with van der Waals surface area (Å²) in [7, 11) is 0. The molecule has 3 aromatic heterocycles. The van der Waals surface area contributed by atoms with Crippen LogP contribution in [0.15, 0.2) is 59.5 Å². The second-order valence-corrected chi connectivity index (χ2v) is 6.17. The largest absolute Gasteiger partial charge is 0.321 e. The van der Waals surface area contributed by atoms with Crippen LogP contribution in [-0.2, 0) is 0 Å². The van der Waals surface area contributed by atoms with Crippen molar-refractivity contribution in [2.24, 2.45) is 0 Å². The lowest BCUT2D eigenvalue weighted by Gasteiger charge is -2.02. The first-order valence-corrected chi connectivity index (χ1v) is 7.91. The van der Waals surface area contributed by atoms with Gasteiger partial charge in [-0.2, -0.15) is 0 Å². The maximum Gasteiger partial charge on any atom is 0.266 e. The highest BCUT2D eigenvalue weighted by Crippen LogP contribution is 2.23. The van der Waals surface area contributed by atoms with Crippen LogP contribution in [0.4, 0.5) is 10.1 Å². The van der Waals surface area contributed by atoms with Crippen molar-refractivity contribution < 1.29 is 9.18 Å². The number of anilines is 1. The molecule has 0 aliphatic carbocycles. The van der Waals surface area contributed by atoms with E-state index in [1.807, 2.05) is 0 Å². The molecule has 0 aliphatic heterocycles. The van der Waals surface area contributed by atoms with Gasteiger partial charge in [-0.1, -0.05) is 6.07 Å². The van der Waals surface area contributed by atoms with E-state index in [1.54, 1.807) is 24.4 Å². The predicted octanol–water partition coefficient (Wildman–Crippen LogP) is 3.30. The van der Waals surface area contributed by atoms with E-state index in [0.29, 0.717) is 26.4 Å². The van der Waals surface area contributed by atoms with Crippen LogP contribution in [0.2, 0.25) is 0 Å². The van der Waals surface area contributed by atoms with Gasteiger partial charge in [0.05, 0.1) is 10.3 Å². The van der Waals surface area contributed by atoms with Crippen molar-refractivity contribution in [1.29, 1.82) is 0 Å². The molecule has 0 saturated carbocycles. The quantitative estimate of drug-likeness (QED) is 0.609. The summed E-state index contributed by atoms with van der Waals surface area (Å²) in [6, 6.07) is 12.3. The number of hydrogen-bond acceptors (Lipinski definition) is 4. The van der Waals surface area contributed by atoms with E-state index >= 15 is 0 Å². The Morgan fingerprint density at radius 3 is 2.75 bits per heavy atom. The number of halogens is 1. The molecule has 1 amide bonds. The first kappa shape index (κ1) is 14.5. The number of benzene rings is 1. The highest BCUT2D eigenvalue weighted by atomic mass is 32.1. The number of carbonyl (C=O) groups excluding carboxylic acids is 1. The number of nitrogens with zero attached hydrogens (tertiary/aromatic N) is 2. The van der Waals surface area contributed by atoms with Gasteiger partial charge in [-0.15, -0.1) is 11.3 Å². The van der Waals surface area contributed by atoms with Crippen molar-refractivity contribution in [2.45, 2.75) is 0 Å². The first-order valence-electron chi connectivity index (χ1n) is 7.10. The summed E-state index contributed by atoms with van der Waals surface area (Å²) in [6.07, 6.45) is 1.64. The number of hydrogen-bond donors (Lipinski definition) is 1. The van der Waals surface area contributed by atoms with Crippen molar-refractivity contribution in [3.8, 4) is 0 Å². The molecule has 0 atom stereocenters. The minimum absolute atomic E-state index is 0.215. The molecule has 0 bridgehead atoms. The number of pyridine rings is 1. The van der Waals surface area contributed by atoms with E-state index in [4.69, 9.17) is 0 Å². The zero-order valence-corrected chi connectivity index (χ0v) is 13.0. The van der Waals surface area contributed by atoms with Gasteiger partial charge < -0.3 is 5.32 Å². The summed E-state index contributed by atoms with van der Waals surface area (Å²) in [5, 5.41) is 3.07. The van der Waals surface area contributed by atoms with Crippen molar-refractivity contribution in [1.82, 2.24) is 9.38 Å². The third-order valence-corrected chi connectivity index (χ3v) is 4.57. The molecular formula is C17H10FN3O2S. The molecule has 24 heavy (non-hydrogen) atoms. The summed E-state index contributed by atoms with van der Waals surface area (Å²) < 4.78 is 14.4. The smallest absolute Gasteiger partial charge is 0.266 e. The zero-order valence-electron chi connectivity index (χ0n) is 12.2. The standard InChI is InChI=1S/C17H10FN3O2S/c18-10-4-6-11(7-5-10)19-15(22)13-9-12-16(24-13)20-14-3-1-2-8-21(14)17(12)23/h1-9H,(H,19,22). The number of amides is 1. The van der Waals surface area contributed by atoms with Crippen LogP contribution in [0, 0.1) is 5.82 Å². The Balaban J connectivity index is 1.75. The molecule has 3 heterocycles. The molecule has 7 heteroatoms. The fraction of sp³-hybridized carbons (Fsp3) is 0. The molecule has 4 aromatic rings. The van der Waals surface area contributed by atoms with Gasteiger partial charge in [0.1, 0.15) is 16.3 Å². The summed E-state index contributed by atoms with van der Waals surface area (Å²) in [4.78, 5) is 30.1. The molecule has 1 N–H and O–H groups in total. The molecule has 118 valence electrons. The Morgan fingerprint density at radius 2 is 1.96 bits per heavy atom. The highest BCUT2D eigenvalue weighted by molar-refractivity contribution is 7.20. The minimum Gasteiger partial charge on any atom is -0.321 e. The third kappa shape index (κ3) is 2.44. The predicted molar refractivity (Wildman–Crippen MR) is 91.2 cm³/mol. The van der Waals surface area contributed by atoms with Gasteiger partial charge >= 0.3 is 0 Å². The van der Waals surface area contributed by atoms with Gasteiger partial charge in [-0.05, 0) is 42.5 Å². The van der Waals surface area contributed by atoms with Gasteiger partial charge in [0, 0.05) is 11.9 Å². The summed E-state index contributed by atoms with van der Waals surface area (Å²) in [6.45, 7) is 0. The van der Waals surface area contributed by atoms with Gasteiger partial charge in [-0.25, -0.2) is 9.37 Å². The molecule has 0 spiro atoms. The first-order chi connectivity index (χ1) is 11.6. The number of fused-ring (bicyclic) bond motifs is 2. The Hall–Kier alpha value is -3.06. The maximum atomic E-state index is 12.9. The fourth-order valence-corrected chi connectivity index (χ4v) is 3.31. The maximum absolute atomic E-state index is 12.9. The van der Waals surface area contributed by atoms with Gasteiger partial charge in [-0.3, -0.25) is 14.0 Å². The van der Waals surface area contributed by atoms with Gasteiger partial charge in [0.2, 0.25) is 0 Å². The lowest BCUT2D eigenvalue weighted by Crippen LogP contribution is -2.13. The topological polar surface area (TPSA) is 63.5 Å². The minimum atomic E-state index is -0.376. The molecular weight excluding hydrogens is 329 g/mol. The van der Waals surface area contributed by atoms with Gasteiger partial charge in [0.15, 0.2) is 0 Å². The zero-order chi connectivity index (χ0) is 16.7. The van der Waals surface area contributed by atoms with Gasteiger partial charge in [0.25, 0.3) is 11.5 Å².